The van der Waals surface area contributed by atoms with Crippen molar-refractivity contribution in [3.05, 3.63) is 48.0 Å². The highest BCUT2D eigenvalue weighted by atomic mass is 32.2. The third-order valence-corrected chi connectivity index (χ3v) is 14.9. The maximum Gasteiger partial charge on any atom is 0.407 e. The zero-order chi connectivity index (χ0) is 40.5. The molecule has 19 heteroatoms. The van der Waals surface area contributed by atoms with Gasteiger partial charge in [0.25, 0.3) is 0 Å². The molecule has 57 heavy (non-hydrogen) atoms. The monoisotopic (exact) mass is 854 g/mol. The molecule has 0 radical (unpaired) electrons. The Morgan fingerprint density at radius 1 is 1.12 bits per heavy atom. The average molecular weight is 855 g/mol. The van der Waals surface area contributed by atoms with Crippen molar-refractivity contribution in [2.75, 3.05) is 44.6 Å². The zero-order valence-electron chi connectivity index (χ0n) is 32.5. The number of carbonyl (C=O) groups is 1. The molecule has 7 rings (SSSR count). The van der Waals surface area contributed by atoms with Crippen LogP contribution in [0.4, 0.5) is 14.3 Å². The van der Waals surface area contributed by atoms with Gasteiger partial charge in [-0.05, 0) is 95.7 Å². The van der Waals surface area contributed by atoms with Crippen LogP contribution in [-0.2, 0) is 44.3 Å². The van der Waals surface area contributed by atoms with Crippen molar-refractivity contribution in [2.45, 2.75) is 107 Å². The number of fused-ring (bicyclic) bond motifs is 3. The Labute approximate surface area is 336 Å². The lowest BCUT2D eigenvalue weighted by atomic mass is 9.78. The normalized spacial score (nSPS) is 24.4. The first kappa shape index (κ1) is 42.2. The highest BCUT2D eigenvalue weighted by Gasteiger charge is 2.53. The summed E-state index contributed by atoms with van der Waals surface area (Å²) in [6.45, 7) is 5.60. The van der Waals surface area contributed by atoms with Gasteiger partial charge in [0.15, 0.2) is 17.8 Å². The lowest BCUT2D eigenvalue weighted by Crippen LogP contribution is -2.53. The summed E-state index contributed by atoms with van der Waals surface area (Å²) in [4.78, 5) is 18.1. The Morgan fingerprint density at radius 3 is 2.54 bits per heavy atom. The van der Waals surface area contributed by atoms with E-state index in [9.17, 15) is 22.9 Å². The number of aliphatic hydroxyl groups excluding tert-OH is 1. The molecule has 3 bridgehead atoms. The summed E-state index contributed by atoms with van der Waals surface area (Å²) in [7, 11) is -7.84. The van der Waals surface area contributed by atoms with E-state index in [1.807, 2.05) is 0 Å². The second-order valence-electron chi connectivity index (χ2n) is 15.7. The number of ether oxygens (including phenoxy) is 4. The molecule has 1 aromatic heterocycles. The topological polar surface area (TPSA) is 184 Å². The molecule has 3 aromatic rings. The molecule has 3 heterocycles. The molecular weight excluding hydrogens is 803 g/mol. The van der Waals surface area contributed by atoms with Crippen molar-refractivity contribution in [3.63, 3.8) is 0 Å². The van der Waals surface area contributed by atoms with Gasteiger partial charge in [0.2, 0.25) is 10.0 Å². The number of benzene rings is 2. The molecule has 3 N–H and O–H groups in total. The highest BCUT2D eigenvalue weighted by Crippen LogP contribution is 2.48. The molecule has 15 nitrogen and oxygen atoms in total. The highest BCUT2D eigenvalue weighted by molar-refractivity contribution is 7.89. The van der Waals surface area contributed by atoms with Crippen LogP contribution in [0, 0.1) is 11.8 Å². The third-order valence-electron chi connectivity index (χ3n) is 10.4. The summed E-state index contributed by atoms with van der Waals surface area (Å²) in [5, 5.41) is 18.7. The summed E-state index contributed by atoms with van der Waals surface area (Å²) < 4.78 is 92.5. The number of hydrogen-bond donors (Lipinski definition) is 3. The first-order valence-electron chi connectivity index (χ1n) is 19.5. The van der Waals surface area contributed by atoms with Gasteiger partial charge in [-0.1, -0.05) is 23.5 Å². The first-order valence-corrected chi connectivity index (χ1v) is 23.5. The summed E-state index contributed by atoms with van der Waals surface area (Å²) in [6.07, 6.45) is -0.146. The van der Waals surface area contributed by atoms with Crippen molar-refractivity contribution in [1.29, 1.82) is 0 Å². The summed E-state index contributed by atoms with van der Waals surface area (Å²) >= 11 is 1.34. The van der Waals surface area contributed by atoms with Gasteiger partial charge < -0.3 is 43.7 Å². The van der Waals surface area contributed by atoms with Crippen molar-refractivity contribution < 1.29 is 55.3 Å². The number of aliphatic hydroxyl groups is 1. The SMILES string of the molecule is CCOP(=O)(COc1ccc(CC(NC(=O)OC2C3COC4OC2CC4C3)C(O)CN(CC(C)(C)F)S(=O)(=O)c2ccc3nc(NC4CC4)sc3c2)cc1)OCC. The molecule has 2 aliphatic heterocycles. The second-order valence-corrected chi connectivity index (χ2v) is 20.7. The molecule has 2 aromatic carbocycles. The molecule has 314 valence electrons. The molecular formula is C38H52FN4O11PS2. The van der Waals surface area contributed by atoms with Crippen LogP contribution in [0.15, 0.2) is 47.4 Å². The van der Waals surface area contributed by atoms with E-state index in [-0.39, 0.29) is 55.1 Å². The molecule has 0 spiro atoms. The minimum atomic E-state index is -4.37. The van der Waals surface area contributed by atoms with Gasteiger partial charge in [-0.15, -0.1) is 0 Å². The van der Waals surface area contributed by atoms with Crippen LogP contribution in [0.25, 0.3) is 10.2 Å². The first-order chi connectivity index (χ1) is 27.1. The molecule has 7 unspecified atom stereocenters. The van der Waals surface area contributed by atoms with Crippen LogP contribution < -0.4 is 15.4 Å². The number of aromatic nitrogens is 1. The number of nitrogens with zero attached hydrogens (tertiary/aromatic N) is 2. The van der Waals surface area contributed by atoms with Gasteiger partial charge in [-0.2, -0.15) is 4.31 Å². The van der Waals surface area contributed by atoms with E-state index in [0.29, 0.717) is 45.7 Å². The van der Waals surface area contributed by atoms with E-state index in [1.54, 1.807) is 44.2 Å². The number of carbonyl (C=O) groups excluding carboxylic acids is 1. The number of alkyl halides is 1. The lowest BCUT2D eigenvalue weighted by molar-refractivity contribution is -0.153. The third kappa shape index (κ3) is 10.5. The predicted molar refractivity (Wildman–Crippen MR) is 211 cm³/mol. The van der Waals surface area contributed by atoms with Gasteiger partial charge in [0.05, 0.1) is 53.2 Å². The quantitative estimate of drug-likeness (QED) is 0.112. The molecule has 2 aliphatic carbocycles. The second kappa shape index (κ2) is 17.3. The summed E-state index contributed by atoms with van der Waals surface area (Å²) in [5.41, 5.74) is -0.703. The van der Waals surface area contributed by atoms with E-state index >= 15 is 4.39 Å². The van der Waals surface area contributed by atoms with Gasteiger partial charge >= 0.3 is 13.7 Å². The van der Waals surface area contributed by atoms with E-state index < -0.39 is 60.7 Å². The largest absolute Gasteiger partial charge is 0.481 e. The average Bonchev–Trinajstić information content (AvgIpc) is 3.79. The Kier molecular flexibility index (Phi) is 12.8. The molecule has 4 fully saturated rings. The number of amides is 1. The van der Waals surface area contributed by atoms with Crippen molar-refractivity contribution >= 4 is 50.4 Å². The van der Waals surface area contributed by atoms with E-state index in [4.69, 9.17) is 28.0 Å². The number of halogens is 1. The van der Waals surface area contributed by atoms with Gasteiger partial charge in [0.1, 0.15) is 17.5 Å². The van der Waals surface area contributed by atoms with Crippen molar-refractivity contribution in [2.24, 2.45) is 11.8 Å². The van der Waals surface area contributed by atoms with Crippen LogP contribution in [0.5, 0.6) is 5.75 Å². The van der Waals surface area contributed by atoms with Gasteiger partial charge in [-0.25, -0.2) is 22.6 Å². The van der Waals surface area contributed by atoms with Crippen LogP contribution in [-0.4, -0.2) is 111 Å². The Hall–Kier alpha value is -2.93. The van der Waals surface area contributed by atoms with E-state index in [2.05, 4.69) is 15.6 Å². The zero-order valence-corrected chi connectivity index (χ0v) is 35.0. The standard InChI is InChI=1S/C38H52FN4O11PS2/c1-5-51-55(46,52-6-2)22-50-27-11-7-23(8-12-27)15-30(42-37(45)54-34-25-16-24-17-32(34)53-35(24)49-20-25)31(44)19-43(21-38(3,4)39)57(47,48)28-13-14-29-33(18-28)56-36(41-29)40-26-9-10-26/h7-8,11-14,18,24-26,30-32,34-35,44H,5-6,9-10,15-17,19-22H2,1-4H3,(H,40,41)(H,42,45). The van der Waals surface area contributed by atoms with Crippen LogP contribution in [0.3, 0.4) is 0 Å². The number of thiazole rings is 1. The number of alkyl carbamates (subject to hydrolysis) is 1. The fraction of sp³-hybridized carbons (Fsp3) is 0.632. The maximum absolute atomic E-state index is 15.4. The van der Waals surface area contributed by atoms with Crippen LogP contribution in [0.2, 0.25) is 0 Å². The van der Waals surface area contributed by atoms with Crippen LogP contribution >= 0.6 is 18.9 Å². The minimum absolute atomic E-state index is 0.0325. The number of rotatable bonds is 20. The molecule has 2 saturated carbocycles. The number of sulfonamides is 1. The molecule has 7 atom stereocenters. The van der Waals surface area contributed by atoms with E-state index in [0.717, 1.165) is 23.6 Å². The smallest absolute Gasteiger partial charge is 0.407 e. The molecule has 1 amide bonds. The summed E-state index contributed by atoms with van der Waals surface area (Å²) in [6, 6.07) is 10.5. The number of hydrogen-bond acceptors (Lipinski definition) is 14. The molecule has 2 saturated heterocycles. The minimum Gasteiger partial charge on any atom is -0.481 e. The Morgan fingerprint density at radius 2 is 1.86 bits per heavy atom. The van der Waals surface area contributed by atoms with Gasteiger partial charge in [-0.3, -0.25) is 4.57 Å². The fourth-order valence-electron chi connectivity index (χ4n) is 7.63. The molecule has 4 aliphatic rings. The van der Waals surface area contributed by atoms with Crippen molar-refractivity contribution in [1.82, 2.24) is 14.6 Å². The lowest BCUT2D eigenvalue weighted by Gasteiger charge is -2.37. The van der Waals surface area contributed by atoms with Crippen molar-refractivity contribution in [3.8, 4) is 5.75 Å². The van der Waals surface area contributed by atoms with Crippen LogP contribution in [0.1, 0.15) is 58.9 Å². The Balaban J connectivity index is 1.10. The van der Waals surface area contributed by atoms with E-state index in [1.165, 1.54) is 37.3 Å². The Bertz CT molecular complexity index is 2010. The summed E-state index contributed by atoms with van der Waals surface area (Å²) in [5.74, 6) is 0.594. The number of nitrogens with one attached hydrogen (secondary N) is 2. The van der Waals surface area contributed by atoms with Gasteiger partial charge in [0, 0.05) is 31.0 Å². The maximum atomic E-state index is 15.4. The number of anilines is 1. The predicted octanol–water partition coefficient (Wildman–Crippen LogP) is 6.06. The fourth-order valence-corrected chi connectivity index (χ4v) is 11.6.